The Labute approximate surface area is 89.8 Å². The number of carboxylic acid groups (broad SMARTS) is 1. The third kappa shape index (κ3) is 8.04. The molecule has 1 fully saturated rings. The minimum atomic E-state index is -5.08. The average molecular weight is 242 g/mol. The van der Waals surface area contributed by atoms with Gasteiger partial charge in [-0.1, -0.05) is 0 Å². The van der Waals surface area contributed by atoms with Gasteiger partial charge in [0.05, 0.1) is 6.54 Å². The van der Waals surface area contributed by atoms with Gasteiger partial charge in [-0.25, -0.2) is 4.79 Å². The Bertz CT molecular complexity index is 251. The van der Waals surface area contributed by atoms with Crippen LogP contribution in [0.3, 0.4) is 0 Å². The number of carboxylic acids is 1. The lowest BCUT2D eigenvalue weighted by atomic mass is 10.4. The zero-order chi connectivity index (χ0) is 12.8. The van der Waals surface area contributed by atoms with Crippen LogP contribution in [0, 0.1) is 5.92 Å². The van der Waals surface area contributed by atoms with Crippen LogP contribution in [0.4, 0.5) is 13.2 Å². The molecule has 16 heavy (non-hydrogen) atoms. The first-order chi connectivity index (χ1) is 7.27. The van der Waals surface area contributed by atoms with Crippen LogP contribution in [-0.4, -0.2) is 36.2 Å². The average Bonchev–Trinajstić information content (AvgIpc) is 2.97. The first-order valence-corrected chi connectivity index (χ1v) is 4.54. The molecule has 4 N–H and O–H groups in total. The molecular formula is C8H13F3N2O3. The fourth-order valence-corrected chi connectivity index (χ4v) is 0.652. The molecule has 0 spiro atoms. The third-order valence-corrected chi connectivity index (χ3v) is 1.71. The van der Waals surface area contributed by atoms with Crippen molar-refractivity contribution in [2.24, 2.45) is 11.7 Å². The monoisotopic (exact) mass is 242 g/mol. The molecule has 0 aromatic rings. The highest BCUT2D eigenvalue weighted by molar-refractivity contribution is 5.77. The van der Waals surface area contributed by atoms with Crippen molar-refractivity contribution in [3.63, 3.8) is 0 Å². The molecule has 0 unspecified atom stereocenters. The van der Waals surface area contributed by atoms with Crippen LogP contribution in [0.15, 0.2) is 0 Å². The predicted molar refractivity (Wildman–Crippen MR) is 48.5 cm³/mol. The van der Waals surface area contributed by atoms with Gasteiger partial charge in [-0.05, 0) is 18.8 Å². The first kappa shape index (κ1) is 14.7. The van der Waals surface area contributed by atoms with E-state index in [2.05, 4.69) is 5.32 Å². The number of aliphatic carboxylic acids is 1. The molecule has 0 bridgehead atoms. The summed E-state index contributed by atoms with van der Waals surface area (Å²) in [6, 6.07) is 0. The van der Waals surface area contributed by atoms with Gasteiger partial charge in [0.1, 0.15) is 0 Å². The number of hydrogen-bond acceptors (Lipinski definition) is 3. The van der Waals surface area contributed by atoms with E-state index < -0.39 is 12.1 Å². The van der Waals surface area contributed by atoms with E-state index >= 15 is 0 Å². The number of alkyl halides is 3. The van der Waals surface area contributed by atoms with Crippen molar-refractivity contribution in [1.29, 1.82) is 0 Å². The fourth-order valence-electron chi connectivity index (χ4n) is 0.652. The highest BCUT2D eigenvalue weighted by Gasteiger charge is 2.38. The normalized spacial score (nSPS) is 14.8. The minimum Gasteiger partial charge on any atom is -0.475 e. The molecule has 0 atom stereocenters. The number of nitrogens with one attached hydrogen (secondary N) is 1. The Hall–Kier alpha value is -1.31. The molecule has 1 aliphatic rings. The highest BCUT2D eigenvalue weighted by Crippen LogP contribution is 2.27. The van der Waals surface area contributed by atoms with Gasteiger partial charge in [0.2, 0.25) is 5.91 Å². The molecule has 0 aliphatic heterocycles. The quantitative estimate of drug-likeness (QED) is 0.654. The number of carbonyl (C=O) groups excluding carboxylic acids is 1. The number of amides is 1. The third-order valence-electron chi connectivity index (χ3n) is 1.71. The Kier molecular flexibility index (Phi) is 5.79. The lowest BCUT2D eigenvalue weighted by Gasteiger charge is -1.98. The van der Waals surface area contributed by atoms with E-state index in [4.69, 9.17) is 15.6 Å². The van der Waals surface area contributed by atoms with Crippen molar-refractivity contribution in [3.05, 3.63) is 0 Å². The van der Waals surface area contributed by atoms with Gasteiger partial charge in [-0.3, -0.25) is 4.79 Å². The van der Waals surface area contributed by atoms with Crippen molar-refractivity contribution >= 4 is 11.9 Å². The number of rotatable bonds is 3. The van der Waals surface area contributed by atoms with Gasteiger partial charge in [0.15, 0.2) is 0 Å². The smallest absolute Gasteiger partial charge is 0.475 e. The maximum Gasteiger partial charge on any atom is 0.490 e. The molecular weight excluding hydrogens is 229 g/mol. The molecule has 1 saturated carbocycles. The SMILES string of the molecule is NCC(=O)NCC1CC1.O=C(O)C(F)(F)F. The lowest BCUT2D eigenvalue weighted by molar-refractivity contribution is -0.192. The zero-order valence-electron chi connectivity index (χ0n) is 8.38. The van der Waals surface area contributed by atoms with E-state index in [9.17, 15) is 18.0 Å². The lowest BCUT2D eigenvalue weighted by Crippen LogP contribution is -2.31. The Morgan fingerprint density at radius 2 is 1.81 bits per heavy atom. The largest absolute Gasteiger partial charge is 0.490 e. The number of nitrogens with two attached hydrogens (primary N) is 1. The van der Waals surface area contributed by atoms with Gasteiger partial charge in [0, 0.05) is 6.54 Å². The van der Waals surface area contributed by atoms with Gasteiger partial charge >= 0.3 is 12.1 Å². The summed E-state index contributed by atoms with van der Waals surface area (Å²) in [7, 11) is 0. The predicted octanol–water partition coefficient (Wildman–Crippen LogP) is 0.105. The zero-order valence-corrected chi connectivity index (χ0v) is 8.38. The number of hydrogen-bond donors (Lipinski definition) is 3. The second kappa shape index (κ2) is 6.31. The molecule has 94 valence electrons. The summed E-state index contributed by atoms with van der Waals surface area (Å²) in [6.45, 7) is 0.947. The molecule has 5 nitrogen and oxygen atoms in total. The van der Waals surface area contributed by atoms with Crippen molar-refractivity contribution in [2.45, 2.75) is 19.0 Å². The molecule has 0 heterocycles. The van der Waals surface area contributed by atoms with Crippen LogP contribution in [0.25, 0.3) is 0 Å². The van der Waals surface area contributed by atoms with Gasteiger partial charge in [0.25, 0.3) is 0 Å². The van der Waals surface area contributed by atoms with Crippen LogP contribution in [0.1, 0.15) is 12.8 Å². The van der Waals surface area contributed by atoms with E-state index in [0.717, 1.165) is 12.5 Å². The molecule has 1 amide bonds. The molecule has 1 aliphatic carbocycles. The number of halogens is 3. The van der Waals surface area contributed by atoms with Crippen LogP contribution in [-0.2, 0) is 9.59 Å². The van der Waals surface area contributed by atoms with Crippen molar-refractivity contribution < 1.29 is 27.9 Å². The summed E-state index contributed by atoms with van der Waals surface area (Å²) in [5, 5.41) is 9.86. The van der Waals surface area contributed by atoms with E-state index in [1.54, 1.807) is 0 Å². The maximum absolute atomic E-state index is 10.6. The molecule has 0 saturated heterocycles. The van der Waals surface area contributed by atoms with Crippen LogP contribution >= 0.6 is 0 Å². The van der Waals surface area contributed by atoms with Crippen molar-refractivity contribution in [2.75, 3.05) is 13.1 Å². The summed E-state index contributed by atoms with van der Waals surface area (Å²) in [4.78, 5) is 19.4. The molecule has 1 rings (SSSR count). The molecule has 0 aromatic heterocycles. The standard InChI is InChI=1S/C6H12N2O.C2HF3O2/c7-3-6(9)8-4-5-1-2-5;3-2(4,5)1(6)7/h5H,1-4,7H2,(H,8,9);(H,6,7). The first-order valence-electron chi connectivity index (χ1n) is 4.54. The second-order valence-electron chi connectivity index (χ2n) is 3.25. The Morgan fingerprint density at radius 1 is 1.38 bits per heavy atom. The number of carbonyl (C=O) groups is 2. The Morgan fingerprint density at radius 3 is 2.06 bits per heavy atom. The second-order valence-corrected chi connectivity index (χ2v) is 3.25. The highest BCUT2D eigenvalue weighted by atomic mass is 19.4. The van der Waals surface area contributed by atoms with Gasteiger partial charge < -0.3 is 16.2 Å². The Balaban J connectivity index is 0.000000293. The van der Waals surface area contributed by atoms with Crippen LogP contribution in [0.2, 0.25) is 0 Å². The summed E-state index contributed by atoms with van der Waals surface area (Å²) in [6.07, 6.45) is -2.55. The van der Waals surface area contributed by atoms with Crippen LogP contribution < -0.4 is 11.1 Å². The topological polar surface area (TPSA) is 92.4 Å². The van der Waals surface area contributed by atoms with E-state index in [1.165, 1.54) is 12.8 Å². The summed E-state index contributed by atoms with van der Waals surface area (Å²) < 4.78 is 31.7. The molecule has 0 aromatic carbocycles. The summed E-state index contributed by atoms with van der Waals surface area (Å²) in [5.41, 5.74) is 5.07. The van der Waals surface area contributed by atoms with E-state index in [0.29, 0.717) is 0 Å². The van der Waals surface area contributed by atoms with E-state index in [-0.39, 0.29) is 12.5 Å². The summed E-state index contributed by atoms with van der Waals surface area (Å²) in [5.74, 6) is -2.05. The minimum absolute atomic E-state index is 0.0399. The van der Waals surface area contributed by atoms with Crippen LogP contribution in [0.5, 0.6) is 0 Å². The maximum atomic E-state index is 10.6. The van der Waals surface area contributed by atoms with Crippen molar-refractivity contribution in [1.82, 2.24) is 5.32 Å². The van der Waals surface area contributed by atoms with Crippen molar-refractivity contribution in [3.8, 4) is 0 Å². The van der Waals surface area contributed by atoms with Gasteiger partial charge in [-0.2, -0.15) is 13.2 Å². The fraction of sp³-hybridized carbons (Fsp3) is 0.750. The molecule has 0 radical (unpaired) electrons. The van der Waals surface area contributed by atoms with E-state index in [1.807, 2.05) is 0 Å². The summed E-state index contributed by atoms with van der Waals surface area (Å²) >= 11 is 0. The molecule has 8 heteroatoms. The van der Waals surface area contributed by atoms with Gasteiger partial charge in [-0.15, -0.1) is 0 Å².